The summed E-state index contributed by atoms with van der Waals surface area (Å²) in [6, 6.07) is 6.94. The van der Waals surface area contributed by atoms with Gasteiger partial charge in [-0.1, -0.05) is 0 Å². The van der Waals surface area contributed by atoms with Gasteiger partial charge in [0, 0.05) is 63.0 Å². The van der Waals surface area contributed by atoms with Crippen LogP contribution in [0.3, 0.4) is 0 Å². The molecule has 198 valence electrons. The van der Waals surface area contributed by atoms with Crippen LogP contribution in [-0.4, -0.2) is 87.8 Å². The lowest BCUT2D eigenvalue weighted by Crippen LogP contribution is -2.71. The Morgan fingerprint density at radius 2 is 1.92 bits per heavy atom. The van der Waals surface area contributed by atoms with Gasteiger partial charge >= 0.3 is 0 Å². The smallest absolute Gasteiger partial charge is 0.282 e. The van der Waals surface area contributed by atoms with E-state index in [1.807, 2.05) is 12.1 Å². The molecule has 0 aromatic carbocycles. The first-order valence-electron chi connectivity index (χ1n) is 12.7. The number of alkyl halides is 2. The Labute approximate surface area is 217 Å². The van der Waals surface area contributed by atoms with E-state index in [1.165, 1.54) is 10.6 Å². The van der Waals surface area contributed by atoms with Gasteiger partial charge in [-0.15, -0.1) is 0 Å². The second-order valence-corrected chi connectivity index (χ2v) is 12.0. The van der Waals surface area contributed by atoms with Crippen LogP contribution in [0.5, 0.6) is 0 Å². The van der Waals surface area contributed by atoms with Crippen LogP contribution < -0.4 is 14.5 Å². The lowest BCUT2D eigenvalue weighted by molar-refractivity contribution is -0.00278. The van der Waals surface area contributed by atoms with Crippen molar-refractivity contribution in [3.8, 4) is 11.3 Å². The molecule has 1 spiro atoms. The molecule has 6 heterocycles. The normalized spacial score (nSPS) is 22.5. The minimum atomic E-state index is -2.66. The van der Waals surface area contributed by atoms with Crippen molar-refractivity contribution in [3.05, 3.63) is 36.2 Å². The van der Waals surface area contributed by atoms with Crippen molar-refractivity contribution in [1.82, 2.24) is 29.2 Å². The van der Waals surface area contributed by atoms with Gasteiger partial charge in [0.25, 0.3) is 6.43 Å². The molecule has 1 N–H and O–H groups in total. The Bertz CT molecular complexity index is 1320. The lowest BCUT2D eigenvalue weighted by atomic mass is 9.73. The summed E-state index contributed by atoms with van der Waals surface area (Å²) < 4.78 is 42.9. The number of likely N-dealkylation sites (tertiary alicyclic amines) is 1. The molecule has 3 aromatic rings. The number of nitrogens with one attached hydrogen (secondary N) is 1. The fourth-order valence-electron chi connectivity index (χ4n) is 6.07. The predicted molar refractivity (Wildman–Crippen MR) is 140 cm³/mol. The summed E-state index contributed by atoms with van der Waals surface area (Å²) in [5.41, 5.74) is 2.11. The number of fused-ring (bicyclic) bond motifs is 1. The van der Waals surface area contributed by atoms with Crippen molar-refractivity contribution in [3.63, 3.8) is 0 Å². The molecule has 12 heteroatoms. The molecule has 6 rings (SSSR count). The molecule has 9 nitrogen and oxygen atoms in total. The van der Waals surface area contributed by atoms with Crippen molar-refractivity contribution in [2.75, 3.05) is 68.9 Å². The van der Waals surface area contributed by atoms with Gasteiger partial charge in [-0.2, -0.15) is 5.10 Å². The number of aromatic nitrogens is 4. The van der Waals surface area contributed by atoms with Gasteiger partial charge in [0.05, 0.1) is 22.9 Å². The van der Waals surface area contributed by atoms with Crippen molar-refractivity contribution in [1.29, 1.82) is 0 Å². The Morgan fingerprint density at radius 1 is 1.16 bits per heavy atom. The summed E-state index contributed by atoms with van der Waals surface area (Å²) in [4.78, 5) is 16.4. The van der Waals surface area contributed by atoms with E-state index in [0.29, 0.717) is 29.2 Å². The fourth-order valence-corrected chi connectivity index (χ4v) is 6.54. The Kier molecular flexibility index (Phi) is 6.36. The number of hydrogen-bond donors (Lipinski definition) is 1. The highest BCUT2D eigenvalue weighted by atomic mass is 32.2. The van der Waals surface area contributed by atoms with Gasteiger partial charge in [0.15, 0.2) is 5.65 Å². The SMILES string of the molecule is CN1CC2(C1)CN(c1cc(-c3cnc4ccc(C(F)F)nn34)cc(N3CCCC(CNS(C)=O)C3)n1)C2. The molecule has 0 amide bonds. The van der Waals surface area contributed by atoms with E-state index in [0.717, 1.165) is 69.3 Å². The summed E-state index contributed by atoms with van der Waals surface area (Å²) in [6.07, 6.45) is 2.79. The van der Waals surface area contributed by atoms with Crippen molar-refractivity contribution in [2.45, 2.75) is 19.3 Å². The van der Waals surface area contributed by atoms with Gasteiger partial charge in [-0.3, -0.25) is 0 Å². The number of anilines is 2. The van der Waals surface area contributed by atoms with Crippen LogP contribution in [0, 0.1) is 11.3 Å². The molecule has 2 unspecified atom stereocenters. The first kappa shape index (κ1) is 24.6. The molecule has 3 aliphatic heterocycles. The van der Waals surface area contributed by atoms with E-state index < -0.39 is 17.4 Å². The second-order valence-electron chi connectivity index (χ2n) is 10.8. The van der Waals surface area contributed by atoms with E-state index in [1.54, 1.807) is 18.5 Å². The van der Waals surface area contributed by atoms with Crippen LogP contribution in [0.2, 0.25) is 0 Å². The molecule has 3 aromatic heterocycles. The van der Waals surface area contributed by atoms with Crippen LogP contribution in [0.15, 0.2) is 30.5 Å². The van der Waals surface area contributed by atoms with Gasteiger partial charge < -0.3 is 14.7 Å². The van der Waals surface area contributed by atoms with Gasteiger partial charge in [-0.05, 0) is 50.1 Å². The number of rotatable bonds is 7. The molecular weight excluding hydrogens is 498 g/mol. The summed E-state index contributed by atoms with van der Waals surface area (Å²) in [5, 5.41) is 4.18. The second kappa shape index (κ2) is 9.55. The summed E-state index contributed by atoms with van der Waals surface area (Å²) in [7, 11) is 1.11. The topological polar surface area (TPSA) is 81.9 Å². The van der Waals surface area contributed by atoms with Crippen molar-refractivity contribution < 1.29 is 13.0 Å². The lowest BCUT2D eigenvalue weighted by Gasteiger charge is -2.60. The average molecular weight is 531 g/mol. The number of nitrogens with zero attached hydrogens (tertiary/aromatic N) is 7. The molecule has 3 aliphatic rings. The van der Waals surface area contributed by atoms with Crippen LogP contribution in [0.25, 0.3) is 16.9 Å². The number of halogens is 2. The van der Waals surface area contributed by atoms with Crippen molar-refractivity contribution in [2.24, 2.45) is 11.3 Å². The molecule has 0 radical (unpaired) electrons. The molecular formula is C25H32F2N8OS. The zero-order valence-electron chi connectivity index (χ0n) is 21.1. The minimum Gasteiger partial charge on any atom is -0.356 e. The fraction of sp³-hybridized carbons (Fsp3) is 0.560. The Hall–Kier alpha value is -2.70. The number of piperidine rings is 1. The largest absolute Gasteiger partial charge is 0.356 e. The molecule has 2 atom stereocenters. The standard InChI is InChI=1S/C25H32F2N8OS/c1-32-13-25(14-32)15-34(16-25)23-9-18(20-11-28-21-6-5-19(24(26)27)31-35(20)21)8-22(30-23)33-7-3-4-17(12-33)10-29-37(2)36/h5-6,8-9,11,17,24,29H,3-4,7,10,12-16H2,1-2H3. The van der Waals surface area contributed by atoms with Crippen LogP contribution in [-0.2, 0) is 11.0 Å². The molecule has 3 fully saturated rings. The molecule has 37 heavy (non-hydrogen) atoms. The number of pyridine rings is 1. The first-order chi connectivity index (χ1) is 17.8. The molecule has 3 saturated heterocycles. The maximum atomic E-state index is 13.4. The summed E-state index contributed by atoms with van der Waals surface area (Å²) in [5.74, 6) is 2.12. The molecule has 0 bridgehead atoms. The maximum Gasteiger partial charge on any atom is 0.282 e. The highest BCUT2D eigenvalue weighted by Crippen LogP contribution is 2.42. The Balaban J connectivity index is 1.35. The highest BCUT2D eigenvalue weighted by Gasteiger charge is 2.50. The maximum absolute atomic E-state index is 13.4. The monoisotopic (exact) mass is 530 g/mol. The summed E-state index contributed by atoms with van der Waals surface area (Å²) in [6.45, 7) is 6.52. The number of hydrogen-bond acceptors (Lipinski definition) is 7. The van der Waals surface area contributed by atoms with E-state index in [2.05, 4.69) is 36.6 Å². The third kappa shape index (κ3) is 4.82. The van der Waals surface area contributed by atoms with E-state index in [4.69, 9.17) is 4.98 Å². The van der Waals surface area contributed by atoms with Crippen LogP contribution in [0.4, 0.5) is 20.4 Å². The van der Waals surface area contributed by atoms with Gasteiger partial charge in [-0.25, -0.2) is 32.2 Å². The van der Waals surface area contributed by atoms with Gasteiger partial charge in [0.1, 0.15) is 17.3 Å². The molecule has 0 aliphatic carbocycles. The van der Waals surface area contributed by atoms with E-state index in [9.17, 15) is 13.0 Å². The van der Waals surface area contributed by atoms with Gasteiger partial charge in [0.2, 0.25) is 0 Å². The zero-order chi connectivity index (χ0) is 25.7. The highest BCUT2D eigenvalue weighted by molar-refractivity contribution is 7.82. The third-order valence-electron chi connectivity index (χ3n) is 7.71. The van der Waals surface area contributed by atoms with E-state index >= 15 is 0 Å². The van der Waals surface area contributed by atoms with E-state index in [-0.39, 0.29) is 5.69 Å². The van der Waals surface area contributed by atoms with Crippen LogP contribution in [0.1, 0.15) is 25.0 Å². The van der Waals surface area contributed by atoms with Crippen LogP contribution >= 0.6 is 0 Å². The van der Waals surface area contributed by atoms with Crippen molar-refractivity contribution >= 4 is 28.3 Å². The quantitative estimate of drug-likeness (QED) is 0.503. The Morgan fingerprint density at radius 3 is 2.62 bits per heavy atom. The minimum absolute atomic E-state index is 0.278. The first-order valence-corrected chi connectivity index (χ1v) is 14.3. The zero-order valence-corrected chi connectivity index (χ0v) is 21.9. The third-order valence-corrected chi connectivity index (χ3v) is 8.28. The average Bonchev–Trinajstić information content (AvgIpc) is 3.27. The molecule has 0 saturated carbocycles. The number of imidazole rings is 1. The summed E-state index contributed by atoms with van der Waals surface area (Å²) >= 11 is 0. The predicted octanol–water partition coefficient (Wildman–Crippen LogP) is 2.58.